The number of benzene rings is 2. The molecule has 2 aromatic carbocycles. The van der Waals surface area contributed by atoms with Crippen LogP contribution >= 0.6 is 12.2 Å². The van der Waals surface area contributed by atoms with Gasteiger partial charge in [-0.3, -0.25) is 0 Å². The van der Waals surface area contributed by atoms with Crippen molar-refractivity contribution in [2.75, 3.05) is 12.4 Å². The predicted octanol–water partition coefficient (Wildman–Crippen LogP) is 3.49. The average Bonchev–Trinajstić information content (AvgIpc) is 2.48. The molecule has 0 aromatic heterocycles. The molecule has 2 aromatic rings. The van der Waals surface area contributed by atoms with E-state index in [4.69, 9.17) is 17.0 Å². The van der Waals surface area contributed by atoms with E-state index in [1.54, 1.807) is 7.11 Å². The van der Waals surface area contributed by atoms with E-state index in [9.17, 15) is 0 Å². The van der Waals surface area contributed by atoms with Crippen LogP contribution < -0.4 is 15.4 Å². The number of anilines is 1. The third-order valence-corrected chi connectivity index (χ3v) is 3.19. The number of hydrogen-bond acceptors (Lipinski definition) is 2. The van der Waals surface area contributed by atoms with Crippen molar-refractivity contribution >= 4 is 23.0 Å². The number of methoxy groups -OCH3 is 1. The van der Waals surface area contributed by atoms with Crippen LogP contribution in [0.15, 0.2) is 48.5 Å². The molecule has 0 aliphatic carbocycles. The first-order chi connectivity index (χ1) is 9.69. The molecule has 0 saturated carbocycles. The van der Waals surface area contributed by atoms with Gasteiger partial charge >= 0.3 is 0 Å². The van der Waals surface area contributed by atoms with Gasteiger partial charge in [0.05, 0.1) is 7.11 Å². The zero-order valence-corrected chi connectivity index (χ0v) is 12.5. The Morgan fingerprint density at radius 1 is 1.10 bits per heavy atom. The van der Waals surface area contributed by atoms with Crippen molar-refractivity contribution < 1.29 is 4.74 Å². The van der Waals surface area contributed by atoms with Gasteiger partial charge in [0.1, 0.15) is 5.75 Å². The molecule has 2 N–H and O–H groups in total. The van der Waals surface area contributed by atoms with Gasteiger partial charge in [-0.25, -0.2) is 0 Å². The lowest BCUT2D eigenvalue weighted by molar-refractivity contribution is 0.409. The van der Waals surface area contributed by atoms with Crippen molar-refractivity contribution in [3.63, 3.8) is 0 Å². The molecule has 0 spiro atoms. The van der Waals surface area contributed by atoms with Crippen LogP contribution in [0.3, 0.4) is 0 Å². The fourth-order valence-electron chi connectivity index (χ4n) is 1.84. The number of para-hydroxylation sites is 1. The maximum Gasteiger partial charge on any atom is 0.171 e. The molecule has 0 heterocycles. The van der Waals surface area contributed by atoms with Gasteiger partial charge in [-0.15, -0.1) is 0 Å². The molecule has 0 radical (unpaired) electrons. The molecule has 2 rings (SSSR count). The largest absolute Gasteiger partial charge is 0.496 e. The minimum Gasteiger partial charge on any atom is -0.496 e. The summed E-state index contributed by atoms with van der Waals surface area (Å²) in [5, 5.41) is 6.93. The smallest absolute Gasteiger partial charge is 0.171 e. The molecular weight excluding hydrogens is 268 g/mol. The molecule has 0 aliphatic rings. The molecule has 4 heteroatoms. The molecule has 0 bridgehead atoms. The Bertz CT molecular complexity index is 581. The van der Waals surface area contributed by atoms with Crippen molar-refractivity contribution in [2.45, 2.75) is 13.5 Å². The summed E-state index contributed by atoms with van der Waals surface area (Å²) < 4.78 is 5.31. The van der Waals surface area contributed by atoms with Crippen LogP contribution in [0.4, 0.5) is 5.69 Å². The van der Waals surface area contributed by atoms with Crippen LogP contribution in [-0.4, -0.2) is 12.2 Å². The summed E-state index contributed by atoms with van der Waals surface area (Å²) in [7, 11) is 1.67. The lowest BCUT2D eigenvalue weighted by atomic mass is 10.2. The van der Waals surface area contributed by atoms with Crippen molar-refractivity contribution in [1.82, 2.24) is 5.32 Å². The van der Waals surface area contributed by atoms with Crippen LogP contribution in [0, 0.1) is 6.92 Å². The fourth-order valence-corrected chi connectivity index (χ4v) is 2.03. The van der Waals surface area contributed by atoms with Crippen molar-refractivity contribution in [3.8, 4) is 5.75 Å². The Morgan fingerprint density at radius 2 is 1.80 bits per heavy atom. The van der Waals surface area contributed by atoms with E-state index in [1.165, 1.54) is 5.56 Å². The summed E-state index contributed by atoms with van der Waals surface area (Å²) in [6.45, 7) is 2.68. The zero-order chi connectivity index (χ0) is 14.4. The highest BCUT2D eigenvalue weighted by Gasteiger charge is 2.02. The van der Waals surface area contributed by atoms with Gasteiger partial charge in [0, 0.05) is 17.8 Å². The van der Waals surface area contributed by atoms with Crippen molar-refractivity contribution in [3.05, 3.63) is 59.7 Å². The van der Waals surface area contributed by atoms with E-state index in [1.807, 2.05) is 48.5 Å². The normalized spacial score (nSPS) is 9.90. The Balaban J connectivity index is 1.90. The van der Waals surface area contributed by atoms with Gasteiger partial charge in [0.25, 0.3) is 0 Å². The van der Waals surface area contributed by atoms with E-state index >= 15 is 0 Å². The molecule has 104 valence electrons. The number of rotatable bonds is 4. The summed E-state index contributed by atoms with van der Waals surface area (Å²) in [5.41, 5.74) is 3.28. The van der Waals surface area contributed by atoms with Crippen LogP contribution in [0.2, 0.25) is 0 Å². The Hall–Kier alpha value is -2.07. The first-order valence-corrected chi connectivity index (χ1v) is 6.83. The predicted molar refractivity (Wildman–Crippen MR) is 87.2 cm³/mol. The minimum absolute atomic E-state index is 0.597. The summed E-state index contributed by atoms with van der Waals surface area (Å²) >= 11 is 5.28. The highest BCUT2D eigenvalue weighted by Crippen LogP contribution is 2.16. The number of ether oxygens (including phenoxy) is 1. The standard InChI is InChI=1S/C16H18N2OS/c1-12-7-9-14(10-8-12)18-16(20)17-11-13-5-3-4-6-15(13)19-2/h3-10H,11H2,1-2H3,(H2,17,18,20). The second-order valence-corrected chi connectivity index (χ2v) is 4.89. The molecular formula is C16H18N2OS. The average molecular weight is 286 g/mol. The van der Waals surface area contributed by atoms with Gasteiger partial charge in [-0.2, -0.15) is 0 Å². The van der Waals surface area contributed by atoms with Gasteiger partial charge < -0.3 is 15.4 Å². The van der Waals surface area contributed by atoms with Crippen molar-refractivity contribution in [1.29, 1.82) is 0 Å². The maximum absolute atomic E-state index is 5.31. The molecule has 0 fully saturated rings. The summed E-state index contributed by atoms with van der Waals surface area (Å²) in [5.74, 6) is 0.859. The second kappa shape index (κ2) is 6.91. The summed E-state index contributed by atoms with van der Waals surface area (Å²) in [4.78, 5) is 0. The SMILES string of the molecule is COc1ccccc1CNC(=S)Nc1ccc(C)cc1. The third-order valence-electron chi connectivity index (χ3n) is 2.94. The molecule has 0 amide bonds. The van der Waals surface area contributed by atoms with Crippen LogP contribution in [0.1, 0.15) is 11.1 Å². The topological polar surface area (TPSA) is 33.3 Å². The molecule has 0 unspecified atom stereocenters. The third kappa shape index (κ3) is 3.96. The number of thiocarbonyl (C=S) groups is 1. The quantitative estimate of drug-likeness (QED) is 0.843. The number of aryl methyl sites for hydroxylation is 1. The molecule has 0 aliphatic heterocycles. The number of hydrogen-bond donors (Lipinski definition) is 2. The highest BCUT2D eigenvalue weighted by molar-refractivity contribution is 7.80. The van der Waals surface area contributed by atoms with Gasteiger partial charge in [-0.05, 0) is 37.3 Å². The Kier molecular flexibility index (Phi) is 4.96. The monoisotopic (exact) mass is 286 g/mol. The maximum atomic E-state index is 5.31. The highest BCUT2D eigenvalue weighted by atomic mass is 32.1. The van der Waals surface area contributed by atoms with Crippen LogP contribution in [0.25, 0.3) is 0 Å². The van der Waals surface area contributed by atoms with E-state index < -0.39 is 0 Å². The lowest BCUT2D eigenvalue weighted by Gasteiger charge is -2.12. The zero-order valence-electron chi connectivity index (χ0n) is 11.6. The lowest BCUT2D eigenvalue weighted by Crippen LogP contribution is -2.28. The van der Waals surface area contributed by atoms with Crippen LogP contribution in [0.5, 0.6) is 5.75 Å². The Labute approximate surface area is 125 Å². The first-order valence-electron chi connectivity index (χ1n) is 6.42. The van der Waals surface area contributed by atoms with E-state index in [0.717, 1.165) is 17.0 Å². The molecule has 3 nitrogen and oxygen atoms in total. The van der Waals surface area contributed by atoms with Gasteiger partial charge in [0.15, 0.2) is 5.11 Å². The fraction of sp³-hybridized carbons (Fsp3) is 0.188. The summed E-state index contributed by atoms with van der Waals surface area (Å²) in [6.07, 6.45) is 0. The summed E-state index contributed by atoms with van der Waals surface area (Å²) in [6, 6.07) is 16.0. The van der Waals surface area contributed by atoms with E-state index in [0.29, 0.717) is 11.7 Å². The molecule has 0 atom stereocenters. The number of nitrogens with one attached hydrogen (secondary N) is 2. The van der Waals surface area contributed by atoms with Gasteiger partial charge in [-0.1, -0.05) is 35.9 Å². The van der Waals surface area contributed by atoms with E-state index in [-0.39, 0.29) is 0 Å². The Morgan fingerprint density at radius 3 is 2.50 bits per heavy atom. The molecule has 0 saturated heterocycles. The van der Waals surface area contributed by atoms with Crippen LogP contribution in [-0.2, 0) is 6.54 Å². The first kappa shape index (κ1) is 14.3. The van der Waals surface area contributed by atoms with Crippen molar-refractivity contribution in [2.24, 2.45) is 0 Å². The van der Waals surface area contributed by atoms with Gasteiger partial charge in [0.2, 0.25) is 0 Å². The minimum atomic E-state index is 0.597. The van der Waals surface area contributed by atoms with E-state index in [2.05, 4.69) is 17.6 Å². The second-order valence-electron chi connectivity index (χ2n) is 4.49. The molecule has 20 heavy (non-hydrogen) atoms.